The lowest BCUT2D eigenvalue weighted by Gasteiger charge is -2.05. The number of fused-ring (bicyclic) bond motifs is 1. The van der Waals surface area contributed by atoms with Crippen LogP contribution >= 0.6 is 11.6 Å². The number of hydrogen-bond acceptors (Lipinski definition) is 4. The van der Waals surface area contributed by atoms with Crippen molar-refractivity contribution in [2.24, 2.45) is 0 Å². The molecular weight excluding hydrogens is 230 g/mol. The van der Waals surface area contributed by atoms with Crippen molar-refractivity contribution in [3.63, 3.8) is 0 Å². The number of nitrogens with one attached hydrogen (secondary N) is 1. The fourth-order valence-corrected chi connectivity index (χ4v) is 1.60. The van der Waals surface area contributed by atoms with Gasteiger partial charge in [0, 0.05) is 12.4 Å². The van der Waals surface area contributed by atoms with Crippen molar-refractivity contribution in [2.45, 2.75) is 0 Å². The number of hydrogen-bond donors (Lipinski definition) is 2. The molecule has 0 unspecified atom stereocenters. The van der Waals surface area contributed by atoms with E-state index in [0.29, 0.717) is 11.3 Å². The lowest BCUT2D eigenvalue weighted by atomic mass is 10.1. The third kappa shape index (κ3) is 1.77. The quantitative estimate of drug-likeness (QED) is 0.782. The molecule has 0 atom stereocenters. The van der Waals surface area contributed by atoms with Gasteiger partial charge in [-0.15, -0.1) is 0 Å². The number of nitrogens with zero attached hydrogens (tertiary/aromatic N) is 2. The summed E-state index contributed by atoms with van der Waals surface area (Å²) in [6, 6.07) is 4.62. The Balaban J connectivity index is 2.74. The maximum absolute atomic E-state index is 10.8. The van der Waals surface area contributed by atoms with E-state index in [-0.39, 0.29) is 10.8 Å². The van der Waals surface area contributed by atoms with Gasteiger partial charge in [-0.1, -0.05) is 0 Å². The molecule has 1 heterocycles. The molecule has 0 aliphatic heterocycles. The van der Waals surface area contributed by atoms with E-state index < -0.39 is 5.97 Å². The van der Waals surface area contributed by atoms with E-state index in [4.69, 9.17) is 16.7 Å². The number of aromatic carboxylic acids is 1. The fraction of sp³-hybridized carbons (Fsp3) is 0.100. The van der Waals surface area contributed by atoms with Crippen LogP contribution in [0.5, 0.6) is 0 Å². The summed E-state index contributed by atoms with van der Waals surface area (Å²) in [6.45, 7) is 0. The van der Waals surface area contributed by atoms with E-state index in [9.17, 15) is 4.79 Å². The number of benzene rings is 1. The molecule has 0 spiro atoms. The van der Waals surface area contributed by atoms with Crippen LogP contribution in [-0.4, -0.2) is 28.1 Å². The van der Waals surface area contributed by atoms with Crippen LogP contribution in [0.3, 0.4) is 0 Å². The summed E-state index contributed by atoms with van der Waals surface area (Å²) >= 11 is 5.72. The van der Waals surface area contributed by atoms with Gasteiger partial charge in [0.05, 0.1) is 11.1 Å². The lowest BCUT2D eigenvalue weighted by Crippen LogP contribution is -1.99. The van der Waals surface area contributed by atoms with Gasteiger partial charge in [0.1, 0.15) is 5.82 Å². The maximum atomic E-state index is 10.8. The van der Waals surface area contributed by atoms with Crippen molar-refractivity contribution in [3.05, 3.63) is 29.0 Å². The number of carboxylic acid groups (broad SMARTS) is 1. The Hall–Kier alpha value is -1.88. The molecule has 82 valence electrons. The molecule has 0 fully saturated rings. The van der Waals surface area contributed by atoms with E-state index in [1.165, 1.54) is 12.1 Å². The normalized spacial score (nSPS) is 10.4. The smallest absolute Gasteiger partial charge is 0.335 e. The average Bonchev–Trinajstić information content (AvgIpc) is 2.26. The number of carboxylic acids is 1. The Labute approximate surface area is 96.1 Å². The molecule has 2 N–H and O–H groups in total. The second-order valence-corrected chi connectivity index (χ2v) is 3.47. The van der Waals surface area contributed by atoms with Gasteiger partial charge >= 0.3 is 5.97 Å². The molecule has 6 heteroatoms. The van der Waals surface area contributed by atoms with E-state index in [2.05, 4.69) is 15.3 Å². The van der Waals surface area contributed by atoms with Gasteiger partial charge in [-0.2, -0.15) is 0 Å². The standard InChI is InChI=1S/C10H8ClN3O2/c1-12-8-6-3-2-5(9(15)16)4-7(6)13-10(11)14-8/h2-4H,1H3,(H,15,16)(H,12,13,14). The zero-order chi connectivity index (χ0) is 11.7. The van der Waals surface area contributed by atoms with Crippen molar-refractivity contribution in [1.82, 2.24) is 9.97 Å². The molecule has 1 aromatic carbocycles. The largest absolute Gasteiger partial charge is 0.478 e. The van der Waals surface area contributed by atoms with E-state index in [0.717, 1.165) is 5.39 Å². The van der Waals surface area contributed by atoms with Crippen LogP contribution in [-0.2, 0) is 0 Å². The molecule has 0 aliphatic carbocycles. The van der Waals surface area contributed by atoms with E-state index in [1.54, 1.807) is 13.1 Å². The first kappa shape index (κ1) is 10.6. The average molecular weight is 238 g/mol. The molecule has 5 nitrogen and oxygen atoms in total. The summed E-state index contributed by atoms with van der Waals surface area (Å²) in [5.74, 6) is -0.422. The lowest BCUT2D eigenvalue weighted by molar-refractivity contribution is 0.0697. The Kier molecular flexibility index (Phi) is 2.62. The van der Waals surface area contributed by atoms with Crippen LogP contribution < -0.4 is 5.32 Å². The highest BCUT2D eigenvalue weighted by atomic mass is 35.5. The van der Waals surface area contributed by atoms with Crippen LogP contribution in [0.2, 0.25) is 5.28 Å². The molecule has 16 heavy (non-hydrogen) atoms. The molecule has 0 aliphatic rings. The van der Waals surface area contributed by atoms with Gasteiger partial charge in [-0.25, -0.2) is 14.8 Å². The first-order chi connectivity index (χ1) is 7.61. The SMILES string of the molecule is CNc1nc(Cl)nc2cc(C(=O)O)ccc12. The van der Waals surface area contributed by atoms with Gasteiger partial charge < -0.3 is 10.4 Å². The first-order valence-electron chi connectivity index (χ1n) is 4.50. The molecule has 0 radical (unpaired) electrons. The molecule has 0 amide bonds. The summed E-state index contributed by atoms with van der Waals surface area (Å²) in [6.07, 6.45) is 0. The monoisotopic (exact) mass is 237 g/mol. The van der Waals surface area contributed by atoms with Crippen LogP contribution in [0, 0.1) is 0 Å². The second kappa shape index (κ2) is 3.94. The van der Waals surface area contributed by atoms with E-state index in [1.807, 2.05) is 0 Å². The third-order valence-corrected chi connectivity index (χ3v) is 2.32. The Morgan fingerprint density at radius 3 is 2.81 bits per heavy atom. The molecule has 2 rings (SSSR count). The minimum Gasteiger partial charge on any atom is -0.478 e. The predicted octanol–water partition coefficient (Wildman–Crippen LogP) is 2.02. The molecule has 1 aromatic heterocycles. The molecular formula is C10H8ClN3O2. The number of halogens is 1. The summed E-state index contributed by atoms with van der Waals surface area (Å²) < 4.78 is 0. The summed E-state index contributed by atoms with van der Waals surface area (Å²) in [5, 5.41) is 12.5. The van der Waals surface area contributed by atoms with Crippen molar-refractivity contribution < 1.29 is 9.90 Å². The zero-order valence-electron chi connectivity index (χ0n) is 8.36. The molecule has 0 saturated carbocycles. The highest BCUT2D eigenvalue weighted by molar-refractivity contribution is 6.28. The summed E-state index contributed by atoms with van der Waals surface area (Å²) in [5.41, 5.74) is 0.675. The zero-order valence-corrected chi connectivity index (χ0v) is 9.12. The molecule has 2 aromatic rings. The Bertz CT molecular complexity index is 571. The predicted molar refractivity (Wildman–Crippen MR) is 61.1 cm³/mol. The van der Waals surface area contributed by atoms with Gasteiger partial charge in [-0.05, 0) is 29.8 Å². The number of carbonyl (C=O) groups is 1. The Morgan fingerprint density at radius 2 is 2.19 bits per heavy atom. The number of anilines is 1. The summed E-state index contributed by atoms with van der Waals surface area (Å²) in [4.78, 5) is 18.8. The van der Waals surface area contributed by atoms with Crippen LogP contribution in [0.4, 0.5) is 5.82 Å². The fourth-order valence-electron chi connectivity index (χ4n) is 1.42. The minimum atomic E-state index is -0.998. The molecule has 0 bridgehead atoms. The van der Waals surface area contributed by atoms with Crippen LogP contribution in [0.15, 0.2) is 18.2 Å². The van der Waals surface area contributed by atoms with Crippen LogP contribution in [0.1, 0.15) is 10.4 Å². The number of rotatable bonds is 2. The van der Waals surface area contributed by atoms with Crippen molar-refractivity contribution in [2.75, 3.05) is 12.4 Å². The third-order valence-electron chi connectivity index (χ3n) is 2.15. The Morgan fingerprint density at radius 1 is 1.44 bits per heavy atom. The topological polar surface area (TPSA) is 75.1 Å². The van der Waals surface area contributed by atoms with Gasteiger partial charge in [0.25, 0.3) is 0 Å². The van der Waals surface area contributed by atoms with Crippen molar-refractivity contribution in [3.8, 4) is 0 Å². The first-order valence-corrected chi connectivity index (χ1v) is 4.88. The van der Waals surface area contributed by atoms with Gasteiger partial charge in [0.15, 0.2) is 0 Å². The molecule has 0 saturated heterocycles. The summed E-state index contributed by atoms with van der Waals surface area (Å²) in [7, 11) is 1.71. The highest BCUT2D eigenvalue weighted by Crippen LogP contribution is 2.22. The van der Waals surface area contributed by atoms with E-state index >= 15 is 0 Å². The number of aromatic nitrogens is 2. The second-order valence-electron chi connectivity index (χ2n) is 3.13. The van der Waals surface area contributed by atoms with Gasteiger partial charge in [-0.3, -0.25) is 0 Å². The minimum absolute atomic E-state index is 0.0828. The van der Waals surface area contributed by atoms with Crippen molar-refractivity contribution in [1.29, 1.82) is 0 Å². The van der Waals surface area contributed by atoms with Gasteiger partial charge in [0.2, 0.25) is 5.28 Å². The highest BCUT2D eigenvalue weighted by Gasteiger charge is 2.09. The van der Waals surface area contributed by atoms with Crippen molar-refractivity contribution >= 4 is 34.3 Å². The van der Waals surface area contributed by atoms with Crippen LogP contribution in [0.25, 0.3) is 10.9 Å². The maximum Gasteiger partial charge on any atom is 0.335 e.